The Hall–Kier alpha value is -7.68. The average Bonchev–Trinajstić information content (AvgIpc) is 3.31. The molecule has 11 rings (SSSR count). The minimum Gasteiger partial charge on any atom is -0.227 e. The largest absolute Gasteiger partial charge is 0.227 e. The Bertz CT molecular complexity index is 3330. The average molecular weight is 737 g/mol. The zero-order chi connectivity index (χ0) is 38.4. The summed E-state index contributed by atoms with van der Waals surface area (Å²) >= 11 is 0. The van der Waals surface area contributed by atoms with E-state index in [2.05, 4.69) is 218 Å². The number of benzene rings is 10. The monoisotopic (exact) mass is 736 g/mol. The van der Waals surface area contributed by atoms with Crippen LogP contribution in [0.5, 0.6) is 0 Å². The lowest BCUT2D eigenvalue weighted by Crippen LogP contribution is -2.02. The van der Waals surface area contributed by atoms with Crippen molar-refractivity contribution in [3.05, 3.63) is 218 Å². The lowest BCUT2D eigenvalue weighted by atomic mass is 9.89. The van der Waals surface area contributed by atoms with Gasteiger partial charge in [0.1, 0.15) is 0 Å². The molecule has 0 bridgehead atoms. The second-order valence-corrected chi connectivity index (χ2v) is 14.9. The summed E-state index contributed by atoms with van der Waals surface area (Å²) in [5.74, 6) is 0.676. The fraction of sp³-hybridized carbons (Fsp3) is 0. The van der Waals surface area contributed by atoms with Crippen molar-refractivity contribution in [1.82, 2.24) is 9.97 Å². The number of fused-ring (bicyclic) bond motifs is 5. The van der Waals surface area contributed by atoms with Crippen LogP contribution in [0.2, 0.25) is 0 Å². The molecule has 0 unspecified atom stereocenters. The van der Waals surface area contributed by atoms with Gasteiger partial charge in [0, 0.05) is 22.3 Å². The normalized spacial score (nSPS) is 11.4. The van der Waals surface area contributed by atoms with Gasteiger partial charge in [0.2, 0.25) is 0 Å². The second kappa shape index (κ2) is 14.1. The van der Waals surface area contributed by atoms with Gasteiger partial charge in [0.25, 0.3) is 0 Å². The molecule has 0 fully saturated rings. The summed E-state index contributed by atoms with van der Waals surface area (Å²) in [6.07, 6.45) is 0. The molecule has 270 valence electrons. The molecule has 0 radical (unpaired) electrons. The Labute approximate surface area is 337 Å². The van der Waals surface area contributed by atoms with E-state index in [1.54, 1.807) is 0 Å². The highest BCUT2D eigenvalue weighted by atomic mass is 14.9. The molecule has 0 amide bonds. The van der Waals surface area contributed by atoms with E-state index in [4.69, 9.17) is 9.97 Å². The summed E-state index contributed by atoms with van der Waals surface area (Å²) in [4.78, 5) is 11.3. The van der Waals surface area contributed by atoms with Crippen molar-refractivity contribution in [2.75, 3.05) is 0 Å². The van der Waals surface area contributed by atoms with Crippen LogP contribution in [0.3, 0.4) is 0 Å². The first kappa shape index (κ1) is 33.6. The van der Waals surface area contributed by atoms with Gasteiger partial charge >= 0.3 is 0 Å². The molecule has 11 aromatic rings. The van der Waals surface area contributed by atoms with E-state index in [9.17, 15) is 0 Å². The van der Waals surface area contributed by atoms with Crippen LogP contribution in [0.1, 0.15) is 0 Å². The predicted octanol–water partition coefficient (Wildman–Crippen LogP) is 15.1. The highest BCUT2D eigenvalue weighted by Gasteiger charge is 2.23. The molecule has 1 heterocycles. The van der Waals surface area contributed by atoms with Gasteiger partial charge in [-0.05, 0) is 101 Å². The van der Waals surface area contributed by atoms with Crippen LogP contribution in [0.25, 0.3) is 110 Å². The lowest BCUT2D eigenvalue weighted by Gasteiger charge is -2.19. The number of aromatic nitrogens is 2. The Morgan fingerprint density at radius 2 is 0.810 bits per heavy atom. The fourth-order valence-electron chi connectivity index (χ4n) is 8.64. The molecule has 0 saturated carbocycles. The minimum absolute atomic E-state index is 0.676. The van der Waals surface area contributed by atoms with Crippen LogP contribution in [0.4, 0.5) is 0 Å². The zero-order valence-electron chi connectivity index (χ0n) is 31.7. The van der Waals surface area contributed by atoms with Crippen LogP contribution in [0, 0.1) is 0 Å². The van der Waals surface area contributed by atoms with Gasteiger partial charge in [-0.3, -0.25) is 0 Å². The fourth-order valence-corrected chi connectivity index (χ4v) is 8.64. The Balaban J connectivity index is 1.25. The van der Waals surface area contributed by atoms with E-state index >= 15 is 0 Å². The van der Waals surface area contributed by atoms with E-state index in [0.717, 1.165) is 61.3 Å². The molecule has 0 aliphatic carbocycles. The van der Waals surface area contributed by atoms with E-state index in [0.29, 0.717) is 5.82 Å². The molecule has 10 aromatic carbocycles. The third-order valence-electron chi connectivity index (χ3n) is 11.4. The number of rotatable bonds is 6. The highest BCUT2D eigenvalue weighted by molar-refractivity contribution is 6.15. The summed E-state index contributed by atoms with van der Waals surface area (Å²) in [6.45, 7) is 0. The van der Waals surface area contributed by atoms with Gasteiger partial charge in [-0.2, -0.15) is 0 Å². The third kappa shape index (κ3) is 5.91. The maximum atomic E-state index is 5.70. The first-order valence-electron chi connectivity index (χ1n) is 19.8. The molecule has 58 heavy (non-hydrogen) atoms. The maximum absolute atomic E-state index is 5.70. The van der Waals surface area contributed by atoms with E-state index in [1.165, 1.54) is 43.3 Å². The summed E-state index contributed by atoms with van der Waals surface area (Å²) in [7, 11) is 0. The molecule has 1 aromatic heterocycles. The van der Waals surface area contributed by atoms with Crippen molar-refractivity contribution in [3.8, 4) is 67.3 Å². The lowest BCUT2D eigenvalue weighted by molar-refractivity contribution is 1.19. The van der Waals surface area contributed by atoms with Gasteiger partial charge in [0.05, 0.1) is 11.4 Å². The summed E-state index contributed by atoms with van der Waals surface area (Å²) in [6, 6.07) is 78.3. The topological polar surface area (TPSA) is 25.8 Å². The minimum atomic E-state index is 0.676. The van der Waals surface area contributed by atoms with Gasteiger partial charge in [-0.1, -0.05) is 188 Å². The highest BCUT2D eigenvalue weighted by Crippen LogP contribution is 2.44. The van der Waals surface area contributed by atoms with Gasteiger partial charge in [-0.15, -0.1) is 0 Å². The van der Waals surface area contributed by atoms with E-state index in [1.807, 2.05) is 0 Å². The molecule has 2 heteroatoms. The molecular formula is C56H36N2. The molecular weight excluding hydrogens is 701 g/mol. The zero-order valence-corrected chi connectivity index (χ0v) is 31.7. The Kier molecular flexibility index (Phi) is 8.19. The number of hydrogen-bond acceptors (Lipinski definition) is 2. The van der Waals surface area contributed by atoms with Crippen LogP contribution >= 0.6 is 0 Å². The smallest absolute Gasteiger partial charge is 0.160 e. The van der Waals surface area contributed by atoms with Crippen LogP contribution in [-0.2, 0) is 0 Å². The molecule has 2 nitrogen and oxygen atoms in total. The Morgan fingerprint density at radius 3 is 1.60 bits per heavy atom. The third-order valence-corrected chi connectivity index (χ3v) is 11.4. The Morgan fingerprint density at radius 1 is 0.241 bits per heavy atom. The second-order valence-electron chi connectivity index (χ2n) is 14.9. The summed E-state index contributed by atoms with van der Waals surface area (Å²) in [5.41, 5.74) is 11.5. The van der Waals surface area contributed by atoms with E-state index < -0.39 is 0 Å². The molecule has 0 aliphatic rings. The van der Waals surface area contributed by atoms with E-state index in [-0.39, 0.29) is 0 Å². The van der Waals surface area contributed by atoms with Crippen LogP contribution in [-0.4, -0.2) is 9.97 Å². The first-order chi connectivity index (χ1) is 28.7. The number of hydrogen-bond donors (Lipinski definition) is 0. The molecule has 0 saturated heterocycles. The van der Waals surface area contributed by atoms with Crippen molar-refractivity contribution >= 4 is 43.1 Å². The van der Waals surface area contributed by atoms with Crippen LogP contribution in [0.15, 0.2) is 218 Å². The first-order valence-corrected chi connectivity index (χ1v) is 19.8. The van der Waals surface area contributed by atoms with Crippen molar-refractivity contribution in [2.45, 2.75) is 0 Å². The number of nitrogens with zero attached hydrogens (tertiary/aromatic N) is 2. The molecule has 0 spiro atoms. The van der Waals surface area contributed by atoms with Crippen molar-refractivity contribution in [2.24, 2.45) is 0 Å². The van der Waals surface area contributed by atoms with Crippen molar-refractivity contribution < 1.29 is 0 Å². The predicted molar refractivity (Wildman–Crippen MR) is 245 cm³/mol. The van der Waals surface area contributed by atoms with Gasteiger partial charge < -0.3 is 0 Å². The van der Waals surface area contributed by atoms with Gasteiger partial charge in [-0.25, -0.2) is 9.97 Å². The maximum Gasteiger partial charge on any atom is 0.160 e. The quantitative estimate of drug-likeness (QED) is 0.159. The molecule has 0 N–H and O–H groups in total. The van der Waals surface area contributed by atoms with Crippen molar-refractivity contribution in [3.63, 3.8) is 0 Å². The summed E-state index contributed by atoms with van der Waals surface area (Å²) in [5, 5.41) is 9.60. The molecule has 0 atom stereocenters. The van der Waals surface area contributed by atoms with Crippen molar-refractivity contribution in [1.29, 1.82) is 0 Å². The summed E-state index contributed by atoms with van der Waals surface area (Å²) < 4.78 is 0. The van der Waals surface area contributed by atoms with Crippen LogP contribution < -0.4 is 0 Å². The SMILES string of the molecule is c1ccc(-c2nc(-c3cc(-c4ccc5ccccc5c4)cc(-c4cccc5ccccc45)c3)nc(-c3cc4ccccc4c4ccccc34)c2-c2ccccc2)cc1. The molecule has 0 aliphatic heterocycles. The van der Waals surface area contributed by atoms with Gasteiger partial charge in [0.15, 0.2) is 5.82 Å². The standard InChI is InChI=1S/C56H36N2/c1-3-18-39(19-4-1)53-54(40-20-5-2-6-21-40)57-56(58-55(53)52-36-43-23-10-12-26-48(43)50-27-13-14-28-51(50)52)46-34-44(42-31-30-37-16-7-8-22-41(37)32-42)33-45(35-46)49-29-15-24-38-17-9-11-25-47(38)49/h1-36H.